The Labute approximate surface area is 145 Å². The number of hydrogen-bond acceptors (Lipinski definition) is 4. The number of aryl methyl sites for hydroxylation is 1. The summed E-state index contributed by atoms with van der Waals surface area (Å²) < 4.78 is 34.5. The fourth-order valence-electron chi connectivity index (χ4n) is 2.44. The highest BCUT2D eigenvalue weighted by molar-refractivity contribution is 7.22. The van der Waals surface area contributed by atoms with E-state index in [1.165, 1.54) is 12.1 Å². The van der Waals surface area contributed by atoms with Crippen LogP contribution in [-0.2, 0) is 0 Å². The lowest BCUT2D eigenvalue weighted by molar-refractivity contribution is 0.209. The average Bonchev–Trinajstić information content (AvgIpc) is 2.92. The summed E-state index contributed by atoms with van der Waals surface area (Å²) in [5.41, 5.74) is 0.813. The Morgan fingerprint density at radius 2 is 2.08 bits per heavy atom. The molecule has 1 aromatic heterocycles. The van der Waals surface area contributed by atoms with Gasteiger partial charge in [-0.05, 0) is 43.7 Å². The molecule has 0 bridgehead atoms. The fourth-order valence-corrected chi connectivity index (χ4v) is 3.32. The highest BCUT2D eigenvalue weighted by Crippen LogP contribution is 2.32. The molecule has 1 amide bonds. The van der Waals surface area contributed by atoms with Crippen LogP contribution >= 0.6 is 11.3 Å². The molecule has 0 saturated carbocycles. The molecular formula is C17H14F2N2O3S. The summed E-state index contributed by atoms with van der Waals surface area (Å²) in [6.45, 7) is 3.13. The molecule has 3 rings (SSSR count). The minimum atomic E-state index is -1.20. The third kappa shape index (κ3) is 3.53. The van der Waals surface area contributed by atoms with Gasteiger partial charge in [0.25, 0.3) is 0 Å². The van der Waals surface area contributed by atoms with Crippen molar-refractivity contribution >= 4 is 32.8 Å². The number of carbonyl (C=O) groups is 1. The van der Waals surface area contributed by atoms with Crippen LogP contribution in [0, 0.1) is 18.6 Å². The number of anilines is 1. The Hall–Kier alpha value is -2.74. The molecule has 5 nitrogen and oxygen atoms in total. The number of nitrogens with one attached hydrogen (secondary N) is 1. The second-order valence-electron chi connectivity index (χ2n) is 5.43. The van der Waals surface area contributed by atoms with Crippen LogP contribution in [0.4, 0.5) is 18.7 Å². The normalized spacial score (nSPS) is 12.2. The van der Waals surface area contributed by atoms with Crippen molar-refractivity contribution in [1.29, 1.82) is 0 Å². The predicted octanol–water partition coefficient (Wildman–Crippen LogP) is 5.11. The van der Waals surface area contributed by atoms with E-state index in [0.717, 1.165) is 11.3 Å². The molecule has 2 aromatic carbocycles. The summed E-state index contributed by atoms with van der Waals surface area (Å²) in [6.07, 6.45) is -2.03. The lowest BCUT2D eigenvalue weighted by Gasteiger charge is -2.17. The molecule has 1 unspecified atom stereocenters. The number of nitrogens with zero attached hydrogens (tertiary/aromatic N) is 1. The quantitative estimate of drug-likeness (QED) is 0.675. The number of ether oxygens (including phenoxy) is 1. The van der Waals surface area contributed by atoms with E-state index < -0.39 is 23.8 Å². The number of carboxylic acid groups (broad SMARTS) is 1. The van der Waals surface area contributed by atoms with Crippen molar-refractivity contribution in [2.45, 2.75) is 20.0 Å². The number of thiazole rings is 1. The van der Waals surface area contributed by atoms with Crippen molar-refractivity contribution < 1.29 is 23.4 Å². The van der Waals surface area contributed by atoms with E-state index >= 15 is 0 Å². The van der Waals surface area contributed by atoms with Crippen molar-refractivity contribution in [2.24, 2.45) is 0 Å². The third-order valence-electron chi connectivity index (χ3n) is 3.61. The molecule has 0 spiro atoms. The van der Waals surface area contributed by atoms with Gasteiger partial charge in [0.15, 0.2) is 5.13 Å². The van der Waals surface area contributed by atoms with Crippen LogP contribution in [0.15, 0.2) is 30.3 Å². The van der Waals surface area contributed by atoms with Gasteiger partial charge in [-0.3, -0.25) is 5.32 Å². The zero-order valence-corrected chi connectivity index (χ0v) is 14.2. The van der Waals surface area contributed by atoms with Gasteiger partial charge >= 0.3 is 6.09 Å². The SMILES string of the molecule is Cc1ccc(F)c(C(C)Oc2ccc3nc(NC(=O)O)sc3c2)c1F. The first-order valence-corrected chi connectivity index (χ1v) is 8.18. The summed E-state index contributed by atoms with van der Waals surface area (Å²) >= 11 is 1.14. The molecule has 8 heteroatoms. The molecule has 130 valence electrons. The molecule has 2 N–H and O–H groups in total. The van der Waals surface area contributed by atoms with Crippen LogP contribution in [-0.4, -0.2) is 16.2 Å². The Balaban J connectivity index is 1.87. The second-order valence-corrected chi connectivity index (χ2v) is 6.46. The maximum absolute atomic E-state index is 14.2. The van der Waals surface area contributed by atoms with E-state index in [2.05, 4.69) is 10.3 Å². The largest absolute Gasteiger partial charge is 0.486 e. The van der Waals surface area contributed by atoms with Gasteiger partial charge in [0.05, 0.1) is 15.8 Å². The summed E-state index contributed by atoms with van der Waals surface area (Å²) in [4.78, 5) is 14.8. The molecule has 0 radical (unpaired) electrons. The van der Waals surface area contributed by atoms with E-state index in [-0.39, 0.29) is 10.7 Å². The number of aromatic nitrogens is 1. The van der Waals surface area contributed by atoms with Gasteiger partial charge < -0.3 is 9.84 Å². The number of fused-ring (bicyclic) bond motifs is 1. The minimum absolute atomic E-state index is 0.127. The minimum Gasteiger partial charge on any atom is -0.486 e. The van der Waals surface area contributed by atoms with Crippen LogP contribution in [0.1, 0.15) is 24.2 Å². The van der Waals surface area contributed by atoms with E-state index in [1.54, 1.807) is 32.0 Å². The van der Waals surface area contributed by atoms with E-state index in [0.29, 0.717) is 21.5 Å². The van der Waals surface area contributed by atoms with Crippen molar-refractivity contribution in [3.05, 3.63) is 53.1 Å². The average molecular weight is 364 g/mol. The molecule has 3 aromatic rings. The zero-order valence-electron chi connectivity index (χ0n) is 13.3. The molecule has 0 aliphatic heterocycles. The molecule has 0 fully saturated rings. The van der Waals surface area contributed by atoms with Crippen LogP contribution in [0.25, 0.3) is 10.2 Å². The first-order valence-electron chi connectivity index (χ1n) is 7.37. The molecule has 1 heterocycles. The highest BCUT2D eigenvalue weighted by Gasteiger charge is 2.20. The lowest BCUT2D eigenvalue weighted by Crippen LogP contribution is -2.09. The Morgan fingerprint density at radius 1 is 1.32 bits per heavy atom. The molecule has 0 aliphatic rings. The maximum atomic E-state index is 14.2. The van der Waals surface area contributed by atoms with E-state index in [4.69, 9.17) is 9.84 Å². The van der Waals surface area contributed by atoms with Crippen LogP contribution in [0.5, 0.6) is 5.75 Å². The van der Waals surface area contributed by atoms with Crippen molar-refractivity contribution in [1.82, 2.24) is 4.98 Å². The molecule has 1 atom stereocenters. The fraction of sp³-hybridized carbons (Fsp3) is 0.176. The number of rotatable bonds is 4. The molecule has 0 saturated heterocycles. The van der Waals surface area contributed by atoms with Gasteiger partial charge in [0, 0.05) is 0 Å². The highest BCUT2D eigenvalue weighted by atomic mass is 32.1. The summed E-state index contributed by atoms with van der Waals surface area (Å²) in [6, 6.07) is 7.52. The van der Waals surface area contributed by atoms with Crippen LogP contribution < -0.4 is 10.1 Å². The van der Waals surface area contributed by atoms with Crippen molar-refractivity contribution in [3.8, 4) is 5.75 Å². The molecule has 25 heavy (non-hydrogen) atoms. The van der Waals surface area contributed by atoms with Gasteiger partial charge in [0.2, 0.25) is 0 Å². The Bertz CT molecular complexity index is 958. The number of benzene rings is 2. The monoisotopic (exact) mass is 364 g/mol. The third-order valence-corrected chi connectivity index (χ3v) is 4.55. The van der Waals surface area contributed by atoms with Crippen molar-refractivity contribution in [2.75, 3.05) is 5.32 Å². The summed E-state index contributed by atoms with van der Waals surface area (Å²) in [5, 5.41) is 11.2. The molecule has 0 aliphatic carbocycles. The Morgan fingerprint density at radius 3 is 2.80 bits per heavy atom. The van der Waals surface area contributed by atoms with Gasteiger partial charge in [0.1, 0.15) is 23.5 Å². The first-order chi connectivity index (χ1) is 11.8. The predicted molar refractivity (Wildman–Crippen MR) is 91.4 cm³/mol. The van der Waals surface area contributed by atoms with Gasteiger partial charge in [-0.25, -0.2) is 18.6 Å². The standard InChI is InChI=1S/C17H14F2N2O3S/c1-8-3-5-11(18)14(15(8)19)9(2)24-10-4-6-12-13(7-10)25-16(20-12)21-17(22)23/h3-7,9H,1-2H3,(H,20,21)(H,22,23). The lowest BCUT2D eigenvalue weighted by atomic mass is 10.1. The zero-order chi connectivity index (χ0) is 18.1. The van der Waals surface area contributed by atoms with Crippen LogP contribution in [0.2, 0.25) is 0 Å². The molecular weight excluding hydrogens is 350 g/mol. The van der Waals surface area contributed by atoms with Gasteiger partial charge in [-0.15, -0.1) is 0 Å². The van der Waals surface area contributed by atoms with E-state index in [9.17, 15) is 13.6 Å². The number of hydrogen-bond donors (Lipinski definition) is 2. The van der Waals surface area contributed by atoms with E-state index in [1.807, 2.05) is 0 Å². The summed E-state index contributed by atoms with van der Waals surface area (Å²) in [5.74, 6) is -0.882. The Kier molecular flexibility index (Phi) is 4.54. The smallest absolute Gasteiger partial charge is 0.410 e. The first kappa shape index (κ1) is 17.1. The van der Waals surface area contributed by atoms with Gasteiger partial charge in [-0.1, -0.05) is 17.4 Å². The number of amides is 1. The maximum Gasteiger partial charge on any atom is 0.410 e. The van der Waals surface area contributed by atoms with Crippen LogP contribution in [0.3, 0.4) is 0 Å². The topological polar surface area (TPSA) is 71.5 Å². The van der Waals surface area contributed by atoms with Gasteiger partial charge in [-0.2, -0.15) is 0 Å². The summed E-state index contributed by atoms with van der Waals surface area (Å²) in [7, 11) is 0. The van der Waals surface area contributed by atoms with Crippen molar-refractivity contribution in [3.63, 3.8) is 0 Å². The number of halogens is 2. The second kappa shape index (κ2) is 6.64.